The van der Waals surface area contributed by atoms with Crippen LogP contribution < -0.4 is 15.2 Å². The topological polar surface area (TPSA) is 57.4 Å². The van der Waals surface area contributed by atoms with Gasteiger partial charge in [-0.2, -0.15) is 0 Å². The molecule has 0 aliphatic heterocycles. The number of rotatable bonds is 4. The fraction of sp³-hybridized carbons (Fsp3) is 0.400. The number of aromatic nitrogens is 1. The first kappa shape index (κ1) is 13.5. The lowest BCUT2D eigenvalue weighted by Crippen LogP contribution is -2.02. The quantitative estimate of drug-likeness (QED) is 0.917. The van der Waals surface area contributed by atoms with Crippen molar-refractivity contribution in [3.05, 3.63) is 23.4 Å². The number of ether oxygens (including phenoxy) is 2. The molecule has 0 saturated carbocycles. The molecule has 1 aromatic heterocycles. The van der Waals surface area contributed by atoms with E-state index in [4.69, 9.17) is 15.2 Å². The number of pyridine rings is 1. The third-order valence-corrected chi connectivity index (χ3v) is 3.19. The van der Waals surface area contributed by atoms with Crippen LogP contribution in [-0.4, -0.2) is 18.2 Å². The molecule has 19 heavy (non-hydrogen) atoms. The van der Waals surface area contributed by atoms with Crippen LogP contribution in [0, 0.1) is 13.8 Å². The lowest BCUT2D eigenvalue weighted by Gasteiger charge is -2.14. The first-order valence-corrected chi connectivity index (χ1v) is 6.54. The number of nitrogens with two attached hydrogens (primary N) is 1. The zero-order valence-corrected chi connectivity index (χ0v) is 11.9. The number of benzene rings is 1. The van der Waals surface area contributed by atoms with Gasteiger partial charge in [0.25, 0.3) is 0 Å². The van der Waals surface area contributed by atoms with E-state index >= 15 is 0 Å². The van der Waals surface area contributed by atoms with Crippen molar-refractivity contribution in [2.45, 2.75) is 27.7 Å². The molecule has 0 saturated heterocycles. The van der Waals surface area contributed by atoms with Gasteiger partial charge in [0.05, 0.1) is 18.7 Å². The van der Waals surface area contributed by atoms with Gasteiger partial charge < -0.3 is 15.2 Å². The minimum absolute atomic E-state index is 0.587. The van der Waals surface area contributed by atoms with Crippen LogP contribution >= 0.6 is 0 Å². The molecule has 0 spiro atoms. The monoisotopic (exact) mass is 260 g/mol. The van der Waals surface area contributed by atoms with Crippen LogP contribution in [0.4, 0.5) is 5.69 Å². The highest BCUT2D eigenvalue weighted by Crippen LogP contribution is 2.35. The molecule has 0 amide bonds. The summed E-state index contributed by atoms with van der Waals surface area (Å²) >= 11 is 0. The van der Waals surface area contributed by atoms with Gasteiger partial charge in [-0.15, -0.1) is 0 Å². The van der Waals surface area contributed by atoms with E-state index in [-0.39, 0.29) is 0 Å². The van der Waals surface area contributed by atoms with Gasteiger partial charge in [-0.25, -0.2) is 0 Å². The standard InChI is InChI=1S/C15H20N2O2/c1-5-18-13-7-11-12(8-14(13)19-6-2)17-10(4)9(3)15(11)16/h7-8H,5-6H2,1-4H3,(H2,16,17). The fourth-order valence-corrected chi connectivity index (χ4v) is 2.06. The van der Waals surface area contributed by atoms with E-state index in [1.54, 1.807) is 0 Å². The third kappa shape index (κ3) is 2.43. The summed E-state index contributed by atoms with van der Waals surface area (Å²) in [6, 6.07) is 3.81. The summed E-state index contributed by atoms with van der Waals surface area (Å²) in [5.41, 5.74) is 9.72. The molecule has 1 aromatic carbocycles. The van der Waals surface area contributed by atoms with Crippen LogP contribution in [0.2, 0.25) is 0 Å². The van der Waals surface area contributed by atoms with Gasteiger partial charge in [-0.3, -0.25) is 4.98 Å². The van der Waals surface area contributed by atoms with Gasteiger partial charge in [0.15, 0.2) is 11.5 Å². The van der Waals surface area contributed by atoms with Crippen LogP contribution in [0.5, 0.6) is 11.5 Å². The molecule has 2 N–H and O–H groups in total. The smallest absolute Gasteiger partial charge is 0.163 e. The number of nitrogens with zero attached hydrogens (tertiary/aromatic N) is 1. The zero-order valence-electron chi connectivity index (χ0n) is 11.9. The molecule has 102 valence electrons. The summed E-state index contributed by atoms with van der Waals surface area (Å²) < 4.78 is 11.2. The first-order valence-electron chi connectivity index (χ1n) is 6.54. The Bertz CT molecular complexity index is 609. The second-order valence-electron chi connectivity index (χ2n) is 4.42. The van der Waals surface area contributed by atoms with Gasteiger partial charge in [-0.1, -0.05) is 0 Å². The summed E-state index contributed by atoms with van der Waals surface area (Å²) in [5.74, 6) is 1.43. The SMILES string of the molecule is CCOc1cc2nc(C)c(C)c(N)c2cc1OCC. The second kappa shape index (κ2) is 5.34. The van der Waals surface area contributed by atoms with E-state index in [1.165, 1.54) is 0 Å². The van der Waals surface area contributed by atoms with Crippen LogP contribution in [0.1, 0.15) is 25.1 Å². The molecule has 2 rings (SSSR count). The Morgan fingerprint density at radius 1 is 1.05 bits per heavy atom. The normalized spacial score (nSPS) is 10.7. The Hall–Kier alpha value is -1.97. The highest BCUT2D eigenvalue weighted by Gasteiger charge is 2.12. The minimum Gasteiger partial charge on any atom is -0.490 e. The van der Waals surface area contributed by atoms with Gasteiger partial charge in [-0.05, 0) is 39.3 Å². The van der Waals surface area contributed by atoms with Crippen LogP contribution in [0.15, 0.2) is 12.1 Å². The lowest BCUT2D eigenvalue weighted by atomic mass is 10.1. The number of hydrogen-bond donors (Lipinski definition) is 1. The molecular weight excluding hydrogens is 240 g/mol. The van der Waals surface area contributed by atoms with E-state index in [1.807, 2.05) is 39.8 Å². The fourth-order valence-electron chi connectivity index (χ4n) is 2.06. The maximum absolute atomic E-state index is 6.17. The van der Waals surface area contributed by atoms with E-state index in [0.29, 0.717) is 24.7 Å². The third-order valence-electron chi connectivity index (χ3n) is 3.19. The lowest BCUT2D eigenvalue weighted by molar-refractivity contribution is 0.288. The molecule has 0 fully saturated rings. The van der Waals surface area contributed by atoms with Gasteiger partial charge in [0.2, 0.25) is 0 Å². The molecular formula is C15H20N2O2. The molecule has 0 aliphatic carbocycles. The van der Waals surface area contributed by atoms with Crippen LogP contribution in [0.3, 0.4) is 0 Å². The number of fused-ring (bicyclic) bond motifs is 1. The number of nitrogen functional groups attached to an aromatic ring is 1. The van der Waals surface area contributed by atoms with E-state index in [0.717, 1.165) is 27.8 Å². The Labute approximate surface area is 113 Å². The summed E-state index contributed by atoms with van der Waals surface area (Å²) in [5, 5.41) is 0.912. The Morgan fingerprint density at radius 2 is 1.63 bits per heavy atom. The van der Waals surface area contributed by atoms with Gasteiger partial charge in [0.1, 0.15) is 0 Å². The largest absolute Gasteiger partial charge is 0.490 e. The number of aryl methyl sites for hydroxylation is 1. The molecule has 0 aliphatic rings. The zero-order chi connectivity index (χ0) is 14.0. The van der Waals surface area contributed by atoms with E-state index in [9.17, 15) is 0 Å². The first-order chi connectivity index (χ1) is 9.08. The predicted molar refractivity (Wildman–Crippen MR) is 78.0 cm³/mol. The summed E-state index contributed by atoms with van der Waals surface area (Å²) in [6.45, 7) is 9.01. The summed E-state index contributed by atoms with van der Waals surface area (Å²) in [4.78, 5) is 4.56. The highest BCUT2D eigenvalue weighted by atomic mass is 16.5. The Morgan fingerprint density at radius 3 is 2.21 bits per heavy atom. The maximum atomic E-state index is 6.17. The highest BCUT2D eigenvalue weighted by molar-refractivity contribution is 5.94. The predicted octanol–water partition coefficient (Wildman–Crippen LogP) is 3.23. The van der Waals surface area contributed by atoms with Gasteiger partial charge >= 0.3 is 0 Å². The van der Waals surface area contributed by atoms with Crippen LogP contribution in [0.25, 0.3) is 10.9 Å². The van der Waals surface area contributed by atoms with Crippen molar-refractivity contribution in [1.29, 1.82) is 0 Å². The van der Waals surface area contributed by atoms with Gasteiger partial charge in [0, 0.05) is 22.8 Å². The van der Waals surface area contributed by atoms with Crippen molar-refractivity contribution in [3.63, 3.8) is 0 Å². The van der Waals surface area contributed by atoms with Crippen molar-refractivity contribution < 1.29 is 9.47 Å². The average Bonchev–Trinajstić information content (AvgIpc) is 2.38. The van der Waals surface area contributed by atoms with Crippen molar-refractivity contribution in [2.24, 2.45) is 0 Å². The molecule has 0 atom stereocenters. The molecule has 2 aromatic rings. The summed E-state index contributed by atoms with van der Waals surface area (Å²) in [7, 11) is 0. The van der Waals surface area contributed by atoms with Crippen molar-refractivity contribution in [3.8, 4) is 11.5 Å². The Kier molecular flexibility index (Phi) is 3.79. The molecule has 0 unspecified atom stereocenters. The molecule has 1 heterocycles. The van der Waals surface area contributed by atoms with Crippen molar-refractivity contribution in [2.75, 3.05) is 18.9 Å². The summed E-state index contributed by atoms with van der Waals surface area (Å²) in [6.07, 6.45) is 0. The molecule has 0 bridgehead atoms. The van der Waals surface area contributed by atoms with E-state index < -0.39 is 0 Å². The average molecular weight is 260 g/mol. The Balaban J connectivity index is 2.70. The molecule has 4 heteroatoms. The van der Waals surface area contributed by atoms with E-state index in [2.05, 4.69) is 4.98 Å². The second-order valence-corrected chi connectivity index (χ2v) is 4.42. The number of anilines is 1. The van der Waals surface area contributed by atoms with Crippen molar-refractivity contribution >= 4 is 16.6 Å². The van der Waals surface area contributed by atoms with Crippen molar-refractivity contribution in [1.82, 2.24) is 4.98 Å². The number of hydrogen-bond acceptors (Lipinski definition) is 4. The molecule has 0 radical (unpaired) electrons. The maximum Gasteiger partial charge on any atom is 0.163 e. The molecule has 4 nitrogen and oxygen atoms in total. The minimum atomic E-state index is 0.587. The van der Waals surface area contributed by atoms with Crippen LogP contribution in [-0.2, 0) is 0 Å².